The smallest absolute Gasteiger partial charge is 0.200 e. The van der Waals surface area contributed by atoms with Gasteiger partial charge in [-0.15, -0.1) is 0 Å². The van der Waals surface area contributed by atoms with Crippen molar-refractivity contribution in [3.05, 3.63) is 64.7 Å². The minimum Gasteiger partial charge on any atom is -0.485 e. The van der Waals surface area contributed by atoms with Crippen LogP contribution in [0, 0.1) is 13.8 Å². The largest absolute Gasteiger partial charge is 0.485 e. The molecule has 2 rings (SSSR count). The summed E-state index contributed by atoms with van der Waals surface area (Å²) >= 11 is 0. The molecule has 0 N–H and O–H groups in total. The number of rotatable bonds is 5. The minimum absolute atomic E-state index is 0.00706. The van der Waals surface area contributed by atoms with Crippen molar-refractivity contribution in [2.75, 3.05) is 6.61 Å². The third kappa shape index (κ3) is 3.47. The average molecular weight is 268 g/mol. The molecule has 0 radical (unpaired) electrons. The van der Waals surface area contributed by atoms with E-state index < -0.39 is 0 Å². The first kappa shape index (κ1) is 14.3. The van der Waals surface area contributed by atoms with Crippen LogP contribution in [-0.4, -0.2) is 12.4 Å². The lowest BCUT2D eigenvalue weighted by atomic mass is 10.1. The molecule has 0 atom stereocenters. The molecule has 0 unspecified atom stereocenters. The molecule has 0 aliphatic heterocycles. The van der Waals surface area contributed by atoms with Gasteiger partial charge in [0, 0.05) is 5.56 Å². The van der Waals surface area contributed by atoms with Crippen LogP contribution in [-0.2, 0) is 6.42 Å². The molecule has 104 valence electrons. The van der Waals surface area contributed by atoms with Crippen LogP contribution < -0.4 is 4.74 Å². The molecule has 20 heavy (non-hydrogen) atoms. The van der Waals surface area contributed by atoms with Gasteiger partial charge in [-0.2, -0.15) is 0 Å². The summed E-state index contributed by atoms with van der Waals surface area (Å²) in [7, 11) is 0. The third-order valence-electron chi connectivity index (χ3n) is 3.37. The van der Waals surface area contributed by atoms with Gasteiger partial charge >= 0.3 is 0 Å². The van der Waals surface area contributed by atoms with Gasteiger partial charge in [0.1, 0.15) is 5.75 Å². The molecule has 2 aromatic carbocycles. The molecule has 0 amide bonds. The maximum atomic E-state index is 12.1. The number of ketones is 1. The SMILES string of the molecule is CCc1ccc(C(=O)COc2ccc(C)cc2C)cc1. The summed E-state index contributed by atoms with van der Waals surface area (Å²) in [5, 5.41) is 0. The van der Waals surface area contributed by atoms with E-state index in [2.05, 4.69) is 13.0 Å². The summed E-state index contributed by atoms with van der Waals surface area (Å²) in [4.78, 5) is 12.1. The highest BCUT2D eigenvalue weighted by Gasteiger charge is 2.08. The number of aryl methyl sites for hydroxylation is 3. The summed E-state index contributed by atoms with van der Waals surface area (Å²) in [6.07, 6.45) is 0.980. The van der Waals surface area contributed by atoms with Gasteiger partial charge in [-0.05, 0) is 37.5 Å². The third-order valence-corrected chi connectivity index (χ3v) is 3.37. The van der Waals surface area contributed by atoms with Gasteiger partial charge < -0.3 is 4.74 Å². The van der Waals surface area contributed by atoms with Crippen LogP contribution >= 0.6 is 0 Å². The number of Topliss-reactive ketones (excluding diaryl/α,β-unsaturated/α-hetero) is 1. The Hall–Kier alpha value is -2.09. The summed E-state index contributed by atoms with van der Waals surface area (Å²) in [6, 6.07) is 13.7. The second-order valence-corrected chi connectivity index (χ2v) is 5.03. The lowest BCUT2D eigenvalue weighted by molar-refractivity contribution is 0.0921. The number of carbonyl (C=O) groups is 1. The van der Waals surface area contributed by atoms with E-state index in [9.17, 15) is 4.79 Å². The van der Waals surface area contributed by atoms with Crippen LogP contribution in [0.25, 0.3) is 0 Å². The van der Waals surface area contributed by atoms with Crippen molar-refractivity contribution in [2.45, 2.75) is 27.2 Å². The van der Waals surface area contributed by atoms with Crippen molar-refractivity contribution < 1.29 is 9.53 Å². The van der Waals surface area contributed by atoms with Crippen molar-refractivity contribution in [1.29, 1.82) is 0 Å². The molecule has 0 bridgehead atoms. The van der Waals surface area contributed by atoms with Crippen LogP contribution in [0.5, 0.6) is 5.75 Å². The maximum Gasteiger partial charge on any atom is 0.200 e. The van der Waals surface area contributed by atoms with E-state index in [4.69, 9.17) is 4.74 Å². The first-order valence-corrected chi connectivity index (χ1v) is 6.92. The number of carbonyl (C=O) groups excluding carboxylic acids is 1. The van der Waals surface area contributed by atoms with Gasteiger partial charge in [-0.3, -0.25) is 4.79 Å². The zero-order chi connectivity index (χ0) is 14.5. The molecule has 0 heterocycles. The fraction of sp³-hybridized carbons (Fsp3) is 0.278. The number of hydrogen-bond acceptors (Lipinski definition) is 2. The molecule has 0 aliphatic carbocycles. The predicted octanol–water partition coefficient (Wildman–Crippen LogP) is 4.13. The van der Waals surface area contributed by atoms with Crippen LogP contribution in [0.15, 0.2) is 42.5 Å². The Morgan fingerprint density at radius 3 is 2.35 bits per heavy atom. The Morgan fingerprint density at radius 1 is 1.05 bits per heavy atom. The van der Waals surface area contributed by atoms with E-state index in [1.54, 1.807) is 0 Å². The van der Waals surface area contributed by atoms with Crippen molar-refractivity contribution >= 4 is 5.78 Å². The van der Waals surface area contributed by atoms with Gasteiger partial charge in [0.25, 0.3) is 0 Å². The number of hydrogen-bond donors (Lipinski definition) is 0. The van der Waals surface area contributed by atoms with Crippen LogP contribution in [0.4, 0.5) is 0 Å². The fourth-order valence-corrected chi connectivity index (χ4v) is 2.11. The quantitative estimate of drug-likeness (QED) is 0.762. The Bertz CT molecular complexity index is 597. The van der Waals surface area contributed by atoms with Gasteiger partial charge in [-0.25, -0.2) is 0 Å². The molecule has 0 aliphatic rings. The Balaban J connectivity index is 2.00. The zero-order valence-electron chi connectivity index (χ0n) is 12.3. The van der Waals surface area contributed by atoms with E-state index in [1.807, 2.05) is 50.2 Å². The van der Waals surface area contributed by atoms with Crippen molar-refractivity contribution in [1.82, 2.24) is 0 Å². The first-order valence-electron chi connectivity index (χ1n) is 6.92. The van der Waals surface area contributed by atoms with Crippen LogP contribution in [0.3, 0.4) is 0 Å². The molecular weight excluding hydrogens is 248 g/mol. The van der Waals surface area contributed by atoms with Gasteiger partial charge in [-0.1, -0.05) is 48.9 Å². The van der Waals surface area contributed by atoms with Gasteiger partial charge in [0.05, 0.1) is 0 Å². The van der Waals surface area contributed by atoms with Crippen LogP contribution in [0.2, 0.25) is 0 Å². The Morgan fingerprint density at radius 2 is 1.75 bits per heavy atom. The Labute approximate surface area is 120 Å². The van der Waals surface area contributed by atoms with Crippen LogP contribution in [0.1, 0.15) is 34.0 Å². The van der Waals surface area contributed by atoms with Crippen molar-refractivity contribution in [2.24, 2.45) is 0 Å². The Kier molecular flexibility index (Phi) is 4.57. The summed E-state index contributed by atoms with van der Waals surface area (Å²) in [5.74, 6) is 0.779. The fourth-order valence-electron chi connectivity index (χ4n) is 2.11. The van der Waals surface area contributed by atoms with E-state index in [0.29, 0.717) is 5.56 Å². The standard InChI is InChI=1S/C18H20O2/c1-4-15-6-8-16(9-7-15)17(19)12-20-18-10-5-13(2)11-14(18)3/h5-11H,4,12H2,1-3H3. The molecule has 2 aromatic rings. The van der Waals surface area contributed by atoms with Crippen molar-refractivity contribution in [3.8, 4) is 5.75 Å². The molecule has 0 saturated carbocycles. The average Bonchev–Trinajstić information content (AvgIpc) is 2.46. The summed E-state index contributed by atoms with van der Waals surface area (Å²) in [6.45, 7) is 6.20. The van der Waals surface area contributed by atoms with Crippen molar-refractivity contribution in [3.63, 3.8) is 0 Å². The molecule has 2 nitrogen and oxygen atoms in total. The lowest BCUT2D eigenvalue weighted by Gasteiger charge is -2.09. The summed E-state index contributed by atoms with van der Waals surface area (Å²) < 4.78 is 5.62. The normalized spacial score (nSPS) is 10.3. The molecule has 0 aromatic heterocycles. The van der Waals surface area contributed by atoms with Gasteiger partial charge in [0.15, 0.2) is 12.4 Å². The minimum atomic E-state index is 0.00706. The topological polar surface area (TPSA) is 26.3 Å². The van der Waals surface area contributed by atoms with E-state index in [-0.39, 0.29) is 12.4 Å². The first-order chi connectivity index (χ1) is 9.60. The van der Waals surface area contributed by atoms with E-state index >= 15 is 0 Å². The van der Waals surface area contributed by atoms with E-state index in [0.717, 1.165) is 17.7 Å². The molecule has 0 saturated heterocycles. The highest BCUT2D eigenvalue weighted by Crippen LogP contribution is 2.19. The second-order valence-electron chi connectivity index (χ2n) is 5.03. The molecule has 0 fully saturated rings. The van der Waals surface area contributed by atoms with E-state index in [1.165, 1.54) is 11.1 Å². The highest BCUT2D eigenvalue weighted by atomic mass is 16.5. The summed E-state index contributed by atoms with van der Waals surface area (Å²) in [5.41, 5.74) is 4.18. The predicted molar refractivity (Wildman–Crippen MR) is 81.6 cm³/mol. The molecule has 2 heteroatoms. The molecule has 0 spiro atoms. The number of ether oxygens (including phenoxy) is 1. The zero-order valence-corrected chi connectivity index (χ0v) is 12.3. The second kappa shape index (κ2) is 6.38. The monoisotopic (exact) mass is 268 g/mol. The highest BCUT2D eigenvalue weighted by molar-refractivity contribution is 5.97. The van der Waals surface area contributed by atoms with Gasteiger partial charge in [0.2, 0.25) is 0 Å². The lowest BCUT2D eigenvalue weighted by Crippen LogP contribution is -2.12. The number of benzene rings is 2. The molecular formula is C18H20O2. The maximum absolute atomic E-state index is 12.1.